The molecule has 0 aliphatic heterocycles. The Morgan fingerprint density at radius 2 is 2.15 bits per heavy atom. The summed E-state index contributed by atoms with van der Waals surface area (Å²) in [7, 11) is 0. The van der Waals surface area contributed by atoms with Crippen molar-refractivity contribution in [3.63, 3.8) is 0 Å². The third kappa shape index (κ3) is 4.09. The van der Waals surface area contributed by atoms with Crippen molar-refractivity contribution in [3.05, 3.63) is 12.2 Å². The van der Waals surface area contributed by atoms with Crippen LogP contribution >= 0.6 is 11.8 Å². The molecule has 20 heavy (non-hydrogen) atoms. The molecule has 0 aromatic rings. The van der Waals surface area contributed by atoms with E-state index in [-0.39, 0.29) is 5.78 Å². The van der Waals surface area contributed by atoms with Crippen molar-refractivity contribution in [2.45, 2.75) is 50.9 Å². The minimum absolute atomic E-state index is 0.247. The average Bonchev–Trinajstić information content (AvgIpc) is 2.40. The number of carbonyl (C=O) groups excluding carboxylic acids is 2. The first-order chi connectivity index (χ1) is 9.34. The molecule has 0 aromatic carbocycles. The van der Waals surface area contributed by atoms with E-state index >= 15 is 0 Å². The molecule has 1 aliphatic carbocycles. The Balaban J connectivity index is 2.89. The lowest BCUT2D eigenvalue weighted by molar-refractivity contribution is -0.166. The van der Waals surface area contributed by atoms with Gasteiger partial charge in [-0.25, -0.2) is 4.79 Å². The summed E-state index contributed by atoms with van der Waals surface area (Å²) in [5.41, 5.74) is -0.507. The second-order valence-electron chi connectivity index (χ2n) is 5.51. The summed E-state index contributed by atoms with van der Waals surface area (Å²) < 4.78 is 5.52. The van der Waals surface area contributed by atoms with Gasteiger partial charge in [0.15, 0.2) is 5.78 Å². The minimum atomic E-state index is -0.833. The number of Topliss-reactive ketones (excluding diaryl/α,β-unsaturated/α-hetero) is 1. The summed E-state index contributed by atoms with van der Waals surface area (Å²) in [5, 5.41) is 9.55. The van der Waals surface area contributed by atoms with Gasteiger partial charge in [-0.2, -0.15) is 11.8 Å². The van der Waals surface area contributed by atoms with Gasteiger partial charge in [0.1, 0.15) is 12.2 Å². The van der Waals surface area contributed by atoms with Gasteiger partial charge in [0.2, 0.25) is 0 Å². The molecule has 1 saturated carbocycles. The molecule has 1 N–H and O–H groups in total. The maximum atomic E-state index is 12.0. The van der Waals surface area contributed by atoms with Gasteiger partial charge in [-0.15, -0.1) is 0 Å². The molecule has 0 saturated heterocycles. The number of carbonyl (C=O) groups is 2. The van der Waals surface area contributed by atoms with E-state index in [0.29, 0.717) is 23.7 Å². The lowest BCUT2D eigenvalue weighted by Gasteiger charge is -2.42. The number of hydrogen-bond donors (Lipinski definition) is 1. The summed E-state index contributed by atoms with van der Waals surface area (Å²) in [6.07, 6.45) is 2.20. The predicted molar refractivity (Wildman–Crippen MR) is 80.7 cm³/mol. The molecular formula is C15H24O4S. The number of aliphatic hydroxyl groups excluding tert-OH is 1. The molecule has 1 rings (SSSR count). The van der Waals surface area contributed by atoms with Crippen LogP contribution in [0.4, 0.5) is 0 Å². The standard InChI is InChI=1S/C15H24O4S/c1-5-20-11-6-7-15(4,19-14(18)10(2)3)12(8-11)13(17)9-16/h11-12,16H,2,5-9H2,1,3-4H3. The fourth-order valence-electron chi connectivity index (χ4n) is 2.64. The molecule has 114 valence electrons. The fraction of sp³-hybridized carbons (Fsp3) is 0.733. The quantitative estimate of drug-likeness (QED) is 0.602. The van der Waals surface area contributed by atoms with E-state index in [1.807, 2.05) is 11.8 Å². The summed E-state index contributed by atoms with van der Waals surface area (Å²) in [6.45, 7) is 8.53. The second kappa shape index (κ2) is 7.27. The first kappa shape index (κ1) is 17.2. The summed E-state index contributed by atoms with van der Waals surface area (Å²) >= 11 is 1.82. The van der Waals surface area contributed by atoms with Crippen LogP contribution in [0.1, 0.15) is 40.0 Å². The van der Waals surface area contributed by atoms with E-state index in [0.717, 1.165) is 12.2 Å². The first-order valence-electron chi connectivity index (χ1n) is 6.98. The number of hydrogen-bond acceptors (Lipinski definition) is 5. The highest BCUT2D eigenvalue weighted by Gasteiger charge is 2.46. The molecule has 0 bridgehead atoms. The van der Waals surface area contributed by atoms with Gasteiger partial charge in [-0.3, -0.25) is 4.79 Å². The second-order valence-corrected chi connectivity index (χ2v) is 7.09. The van der Waals surface area contributed by atoms with Crippen LogP contribution < -0.4 is 0 Å². The highest BCUT2D eigenvalue weighted by molar-refractivity contribution is 7.99. The van der Waals surface area contributed by atoms with E-state index in [9.17, 15) is 9.59 Å². The Bertz CT molecular complexity index is 393. The normalized spacial score (nSPS) is 29.8. The van der Waals surface area contributed by atoms with Crippen LogP contribution in [0.2, 0.25) is 0 Å². The van der Waals surface area contributed by atoms with Gasteiger partial charge in [0.05, 0.1) is 5.92 Å². The highest BCUT2D eigenvalue weighted by Crippen LogP contribution is 2.41. The molecule has 1 aliphatic rings. The molecule has 0 radical (unpaired) electrons. The third-order valence-corrected chi connectivity index (χ3v) is 5.05. The molecule has 5 heteroatoms. The number of ether oxygens (including phenoxy) is 1. The SMILES string of the molecule is C=C(C)C(=O)OC1(C)CCC(SCC)CC1C(=O)CO. The minimum Gasteiger partial charge on any atom is -0.455 e. The van der Waals surface area contributed by atoms with Gasteiger partial charge in [0.25, 0.3) is 0 Å². The van der Waals surface area contributed by atoms with Crippen molar-refractivity contribution in [2.24, 2.45) is 5.92 Å². The first-order valence-corrected chi connectivity index (χ1v) is 8.03. The average molecular weight is 300 g/mol. The predicted octanol–water partition coefficient (Wildman–Crippen LogP) is 2.35. The molecule has 0 heterocycles. The molecule has 4 nitrogen and oxygen atoms in total. The molecule has 0 spiro atoms. The van der Waals surface area contributed by atoms with Gasteiger partial charge >= 0.3 is 5.97 Å². The Labute approximate surface area is 125 Å². The number of aliphatic hydroxyl groups is 1. The van der Waals surface area contributed by atoms with E-state index in [4.69, 9.17) is 9.84 Å². The molecule has 0 aromatic heterocycles. The zero-order valence-corrected chi connectivity index (χ0v) is 13.3. The Hall–Kier alpha value is -0.810. The van der Waals surface area contributed by atoms with Crippen LogP contribution in [0.15, 0.2) is 12.2 Å². The topological polar surface area (TPSA) is 63.6 Å². The van der Waals surface area contributed by atoms with Crippen LogP contribution in [0.25, 0.3) is 0 Å². The number of thioether (sulfide) groups is 1. The van der Waals surface area contributed by atoms with Crippen molar-refractivity contribution in [1.29, 1.82) is 0 Å². The van der Waals surface area contributed by atoms with Gasteiger partial charge in [-0.1, -0.05) is 13.5 Å². The zero-order chi connectivity index (χ0) is 15.3. The van der Waals surface area contributed by atoms with Crippen molar-refractivity contribution < 1.29 is 19.4 Å². The number of ketones is 1. The van der Waals surface area contributed by atoms with Gasteiger partial charge in [0, 0.05) is 10.8 Å². The monoisotopic (exact) mass is 300 g/mol. The smallest absolute Gasteiger partial charge is 0.333 e. The highest BCUT2D eigenvalue weighted by atomic mass is 32.2. The van der Waals surface area contributed by atoms with E-state index in [1.54, 1.807) is 13.8 Å². The van der Waals surface area contributed by atoms with E-state index in [1.165, 1.54) is 0 Å². The van der Waals surface area contributed by atoms with Crippen LogP contribution in [-0.2, 0) is 14.3 Å². The van der Waals surface area contributed by atoms with Crippen LogP contribution in [0, 0.1) is 5.92 Å². The maximum absolute atomic E-state index is 12.0. The summed E-state index contributed by atoms with van der Waals surface area (Å²) in [6, 6.07) is 0. The molecular weight excluding hydrogens is 276 g/mol. The zero-order valence-electron chi connectivity index (χ0n) is 12.5. The van der Waals surface area contributed by atoms with Crippen LogP contribution in [0.5, 0.6) is 0 Å². The molecule has 3 unspecified atom stereocenters. The number of esters is 1. The third-order valence-electron chi connectivity index (χ3n) is 3.82. The molecule has 1 fully saturated rings. The summed E-state index contributed by atoms with van der Waals surface area (Å²) in [4.78, 5) is 23.8. The number of rotatable bonds is 6. The fourth-order valence-corrected chi connectivity index (χ4v) is 3.73. The lowest BCUT2D eigenvalue weighted by Crippen LogP contribution is -2.49. The van der Waals surface area contributed by atoms with Gasteiger partial charge < -0.3 is 9.84 Å². The molecule has 3 atom stereocenters. The van der Waals surface area contributed by atoms with Crippen LogP contribution in [-0.4, -0.2) is 40.1 Å². The lowest BCUT2D eigenvalue weighted by atomic mass is 9.74. The summed E-state index contributed by atoms with van der Waals surface area (Å²) in [5.74, 6) is -0.158. The Morgan fingerprint density at radius 1 is 1.50 bits per heavy atom. The van der Waals surface area contributed by atoms with E-state index < -0.39 is 24.1 Å². The maximum Gasteiger partial charge on any atom is 0.333 e. The van der Waals surface area contributed by atoms with E-state index in [2.05, 4.69) is 13.5 Å². The van der Waals surface area contributed by atoms with Crippen molar-refractivity contribution in [3.8, 4) is 0 Å². The largest absolute Gasteiger partial charge is 0.455 e. The Morgan fingerprint density at radius 3 is 2.65 bits per heavy atom. The van der Waals surface area contributed by atoms with Crippen LogP contribution in [0.3, 0.4) is 0 Å². The van der Waals surface area contributed by atoms with Crippen molar-refractivity contribution in [1.82, 2.24) is 0 Å². The molecule has 0 amide bonds. The Kier molecular flexibility index (Phi) is 6.27. The van der Waals surface area contributed by atoms with Crippen molar-refractivity contribution in [2.75, 3.05) is 12.4 Å². The van der Waals surface area contributed by atoms with Crippen molar-refractivity contribution >= 4 is 23.5 Å². The van der Waals surface area contributed by atoms with Gasteiger partial charge in [-0.05, 0) is 38.9 Å².